The average Bonchev–Trinajstić information content (AvgIpc) is 2.46. The number of carbonyl (C=O) groups is 2. The second-order valence-corrected chi connectivity index (χ2v) is 5.93. The molecule has 2 atom stereocenters. The number of piperidine rings is 2. The fourth-order valence-electron chi connectivity index (χ4n) is 3.39. The van der Waals surface area contributed by atoms with Crippen LogP contribution < -0.4 is 10.2 Å². The predicted molar refractivity (Wildman–Crippen MR) is 77.9 cm³/mol. The van der Waals surface area contributed by atoms with Gasteiger partial charge in [0.2, 0.25) is 5.91 Å². The van der Waals surface area contributed by atoms with Crippen LogP contribution in [0.25, 0.3) is 0 Å². The van der Waals surface area contributed by atoms with E-state index in [-0.39, 0.29) is 23.5 Å². The minimum Gasteiger partial charge on any atom is -0.371 e. The number of hydrogen-bond donors (Lipinski definition) is 1. The maximum atomic E-state index is 13.4. The summed E-state index contributed by atoms with van der Waals surface area (Å²) in [6.45, 7) is 3.04. The Kier molecular flexibility index (Phi) is 3.66. The zero-order chi connectivity index (χ0) is 15.0. The summed E-state index contributed by atoms with van der Waals surface area (Å²) in [5.74, 6) is 0.0320. The third kappa shape index (κ3) is 2.77. The van der Waals surface area contributed by atoms with E-state index < -0.39 is 0 Å². The molecule has 3 rings (SSSR count). The van der Waals surface area contributed by atoms with Gasteiger partial charge in [0.15, 0.2) is 5.78 Å². The number of carbonyl (C=O) groups excluding carboxylic acids is 2. The van der Waals surface area contributed by atoms with E-state index in [0.29, 0.717) is 17.9 Å². The number of amides is 1. The normalized spacial score (nSPS) is 25.2. The van der Waals surface area contributed by atoms with E-state index in [0.717, 1.165) is 31.6 Å². The second-order valence-electron chi connectivity index (χ2n) is 5.93. The Bertz CT molecular complexity index is 588. The van der Waals surface area contributed by atoms with Crippen molar-refractivity contribution in [3.63, 3.8) is 0 Å². The Balaban J connectivity index is 1.82. The van der Waals surface area contributed by atoms with E-state index in [1.54, 1.807) is 6.07 Å². The van der Waals surface area contributed by atoms with Gasteiger partial charge in [0, 0.05) is 36.8 Å². The number of hydrogen-bond acceptors (Lipinski definition) is 3. The van der Waals surface area contributed by atoms with Crippen molar-refractivity contribution in [2.75, 3.05) is 18.0 Å². The topological polar surface area (TPSA) is 49.4 Å². The monoisotopic (exact) mass is 290 g/mol. The van der Waals surface area contributed by atoms with Gasteiger partial charge in [-0.05, 0) is 43.9 Å². The highest BCUT2D eigenvalue weighted by Gasteiger charge is 2.34. The van der Waals surface area contributed by atoms with Gasteiger partial charge in [-0.3, -0.25) is 9.59 Å². The first-order valence-corrected chi connectivity index (χ1v) is 7.39. The van der Waals surface area contributed by atoms with Crippen LogP contribution in [-0.2, 0) is 4.79 Å². The molecule has 1 N–H and O–H groups in total. The molecule has 0 aromatic heterocycles. The van der Waals surface area contributed by atoms with Crippen LogP contribution in [0.3, 0.4) is 0 Å². The fraction of sp³-hybridized carbons (Fsp3) is 0.500. The number of fused-ring (bicyclic) bond motifs is 1. The Morgan fingerprint density at radius 3 is 2.95 bits per heavy atom. The lowest BCUT2D eigenvalue weighted by Gasteiger charge is -2.42. The lowest BCUT2D eigenvalue weighted by atomic mass is 9.84. The van der Waals surface area contributed by atoms with E-state index in [1.807, 2.05) is 0 Å². The molecule has 2 heterocycles. The van der Waals surface area contributed by atoms with E-state index >= 15 is 0 Å². The molecule has 0 bridgehead atoms. The highest BCUT2D eigenvalue weighted by atomic mass is 19.1. The van der Waals surface area contributed by atoms with Crippen LogP contribution in [0.4, 0.5) is 10.1 Å². The van der Waals surface area contributed by atoms with Gasteiger partial charge in [-0.1, -0.05) is 0 Å². The number of nitrogens with zero attached hydrogens (tertiary/aromatic N) is 1. The molecule has 2 aliphatic heterocycles. The SMILES string of the molecule is CC(=O)c1cc(F)ccc1N1CCC2NC(=O)CCC2C1. The van der Waals surface area contributed by atoms with Crippen LogP contribution >= 0.6 is 0 Å². The van der Waals surface area contributed by atoms with Crippen LogP contribution in [-0.4, -0.2) is 30.8 Å². The lowest BCUT2D eigenvalue weighted by Crippen LogP contribution is -2.54. The van der Waals surface area contributed by atoms with Gasteiger partial charge < -0.3 is 10.2 Å². The highest BCUT2D eigenvalue weighted by molar-refractivity contribution is 5.99. The molecule has 4 nitrogen and oxygen atoms in total. The van der Waals surface area contributed by atoms with Crippen LogP contribution in [0.2, 0.25) is 0 Å². The highest BCUT2D eigenvalue weighted by Crippen LogP contribution is 2.31. The third-order valence-corrected chi connectivity index (χ3v) is 4.50. The van der Waals surface area contributed by atoms with Gasteiger partial charge in [-0.2, -0.15) is 0 Å². The maximum absolute atomic E-state index is 13.4. The molecular weight excluding hydrogens is 271 g/mol. The van der Waals surface area contributed by atoms with Gasteiger partial charge in [0.1, 0.15) is 5.82 Å². The zero-order valence-corrected chi connectivity index (χ0v) is 12.1. The molecule has 5 heteroatoms. The van der Waals surface area contributed by atoms with E-state index in [1.165, 1.54) is 19.1 Å². The number of Topliss-reactive ketones (excluding diaryl/α,β-unsaturated/α-hetero) is 1. The molecule has 0 spiro atoms. The summed E-state index contributed by atoms with van der Waals surface area (Å²) in [5.41, 5.74) is 1.24. The Hall–Kier alpha value is -1.91. The molecule has 0 radical (unpaired) electrons. The van der Waals surface area contributed by atoms with Gasteiger partial charge in [-0.15, -0.1) is 0 Å². The Morgan fingerprint density at radius 2 is 2.19 bits per heavy atom. The lowest BCUT2D eigenvalue weighted by molar-refractivity contribution is -0.124. The van der Waals surface area contributed by atoms with Crippen LogP contribution in [0, 0.1) is 11.7 Å². The summed E-state index contributed by atoms with van der Waals surface area (Å²) in [6, 6.07) is 4.64. The van der Waals surface area contributed by atoms with Crippen molar-refractivity contribution in [1.29, 1.82) is 0 Å². The van der Waals surface area contributed by atoms with Gasteiger partial charge in [0.25, 0.3) is 0 Å². The summed E-state index contributed by atoms with van der Waals surface area (Å²) in [5, 5.41) is 3.04. The Morgan fingerprint density at radius 1 is 1.38 bits per heavy atom. The first-order chi connectivity index (χ1) is 10.0. The molecule has 112 valence electrons. The quantitative estimate of drug-likeness (QED) is 0.849. The standard InChI is InChI=1S/C16H19FN2O2/c1-10(20)13-8-12(17)3-4-15(13)19-7-6-14-11(9-19)2-5-16(21)18-14/h3-4,8,11,14H,2,5-7,9H2,1H3,(H,18,21). The number of anilines is 1. The minimum atomic E-state index is -0.385. The molecule has 1 amide bonds. The molecule has 2 aliphatic rings. The van der Waals surface area contributed by atoms with E-state index in [4.69, 9.17) is 0 Å². The van der Waals surface area contributed by atoms with Crippen molar-refractivity contribution in [2.45, 2.75) is 32.2 Å². The summed E-state index contributed by atoms with van der Waals surface area (Å²) in [4.78, 5) is 25.3. The number of halogens is 1. The van der Waals surface area contributed by atoms with E-state index in [2.05, 4.69) is 10.2 Å². The number of nitrogens with one attached hydrogen (secondary N) is 1. The number of rotatable bonds is 2. The molecule has 0 saturated carbocycles. The zero-order valence-electron chi connectivity index (χ0n) is 12.1. The van der Waals surface area contributed by atoms with Crippen molar-refractivity contribution in [1.82, 2.24) is 5.32 Å². The smallest absolute Gasteiger partial charge is 0.220 e. The Labute approximate surface area is 123 Å². The molecule has 2 saturated heterocycles. The van der Waals surface area contributed by atoms with Gasteiger partial charge >= 0.3 is 0 Å². The molecule has 1 aromatic carbocycles. The first kappa shape index (κ1) is 14.0. The molecule has 21 heavy (non-hydrogen) atoms. The van der Waals surface area contributed by atoms with Crippen molar-refractivity contribution >= 4 is 17.4 Å². The van der Waals surface area contributed by atoms with Crippen molar-refractivity contribution in [3.8, 4) is 0 Å². The summed E-state index contributed by atoms with van der Waals surface area (Å²) >= 11 is 0. The molecule has 1 aromatic rings. The van der Waals surface area contributed by atoms with Crippen molar-refractivity contribution < 1.29 is 14.0 Å². The van der Waals surface area contributed by atoms with Crippen molar-refractivity contribution in [3.05, 3.63) is 29.6 Å². The summed E-state index contributed by atoms with van der Waals surface area (Å²) < 4.78 is 13.4. The predicted octanol–water partition coefficient (Wildman–Crippen LogP) is 2.13. The second kappa shape index (κ2) is 5.47. The van der Waals surface area contributed by atoms with Crippen molar-refractivity contribution in [2.24, 2.45) is 5.92 Å². The van der Waals surface area contributed by atoms with Gasteiger partial charge in [0.05, 0.1) is 0 Å². The maximum Gasteiger partial charge on any atom is 0.220 e. The molecule has 2 unspecified atom stereocenters. The molecular formula is C16H19FN2O2. The van der Waals surface area contributed by atoms with Crippen LogP contribution in [0.5, 0.6) is 0 Å². The molecule has 0 aliphatic carbocycles. The van der Waals surface area contributed by atoms with Gasteiger partial charge in [-0.25, -0.2) is 4.39 Å². The fourth-order valence-corrected chi connectivity index (χ4v) is 3.39. The largest absolute Gasteiger partial charge is 0.371 e. The average molecular weight is 290 g/mol. The van der Waals surface area contributed by atoms with Crippen LogP contribution in [0.1, 0.15) is 36.5 Å². The number of ketones is 1. The summed E-state index contributed by atoms with van der Waals surface area (Å²) in [7, 11) is 0. The van der Waals surface area contributed by atoms with Crippen LogP contribution in [0.15, 0.2) is 18.2 Å². The summed E-state index contributed by atoms with van der Waals surface area (Å²) in [6.07, 6.45) is 2.31. The third-order valence-electron chi connectivity index (χ3n) is 4.50. The van der Waals surface area contributed by atoms with E-state index in [9.17, 15) is 14.0 Å². The number of benzene rings is 1. The minimum absolute atomic E-state index is 0.122. The first-order valence-electron chi connectivity index (χ1n) is 7.39. The molecule has 2 fully saturated rings.